The molecule has 1 nitrogen and oxygen atoms in total. The molecule has 0 amide bonds. The van der Waals surface area contributed by atoms with E-state index in [2.05, 4.69) is 42.4 Å². The van der Waals surface area contributed by atoms with Gasteiger partial charge in [0.2, 0.25) is 0 Å². The molecule has 2 saturated carbocycles. The molecule has 2 aromatic carbocycles. The van der Waals surface area contributed by atoms with E-state index >= 15 is 0 Å². The minimum absolute atomic E-state index is 0. The monoisotopic (exact) mass is 540 g/mol. The molecular formula is C24H22FeIOP. The van der Waals surface area contributed by atoms with Gasteiger partial charge < -0.3 is 4.57 Å². The Hall–Kier alpha value is -0.0805. The van der Waals surface area contributed by atoms with E-state index < -0.39 is 7.14 Å². The van der Waals surface area contributed by atoms with Gasteiger partial charge in [-0.25, -0.2) is 0 Å². The Morgan fingerprint density at radius 3 is 1.50 bits per heavy atom. The fourth-order valence-corrected chi connectivity index (χ4v) is 7.30. The Labute approximate surface area is 195 Å². The topological polar surface area (TPSA) is 17.1 Å². The summed E-state index contributed by atoms with van der Waals surface area (Å²) in [5.74, 6) is 1.16. The number of rotatable bonds is 4. The zero-order valence-corrected chi connectivity index (χ0v) is 19.7. The fraction of sp³-hybridized carbons (Fsp3) is 0.0833. The van der Waals surface area contributed by atoms with E-state index in [1.54, 1.807) is 0 Å². The second kappa shape index (κ2) is 11.9. The molecule has 0 aromatic heterocycles. The van der Waals surface area contributed by atoms with Gasteiger partial charge >= 0.3 is 0 Å². The molecule has 2 aliphatic carbocycles. The molecule has 28 heavy (non-hydrogen) atoms. The van der Waals surface area contributed by atoms with E-state index in [-0.39, 0.29) is 22.7 Å². The molecule has 0 aliphatic heterocycles. The summed E-state index contributed by atoms with van der Waals surface area (Å²) >= 11 is 2.33. The largest absolute Gasteiger partial charge is 0.313 e. The van der Waals surface area contributed by atoms with Crippen LogP contribution in [-0.4, -0.2) is 5.66 Å². The van der Waals surface area contributed by atoms with Crippen LogP contribution in [0, 0.1) is 61.2 Å². The van der Waals surface area contributed by atoms with Crippen LogP contribution in [0.15, 0.2) is 60.7 Å². The van der Waals surface area contributed by atoms with Crippen molar-refractivity contribution in [3.05, 3.63) is 122 Å². The van der Waals surface area contributed by atoms with Crippen molar-refractivity contribution in [3.8, 4) is 0 Å². The maximum Gasteiger partial charge on any atom is 0.146 e. The van der Waals surface area contributed by atoms with Crippen LogP contribution >= 0.6 is 29.7 Å². The van der Waals surface area contributed by atoms with Crippen molar-refractivity contribution in [1.82, 2.24) is 0 Å². The van der Waals surface area contributed by atoms with Crippen LogP contribution < -0.4 is 10.6 Å². The number of benzene rings is 2. The Kier molecular flexibility index (Phi) is 10.3. The molecule has 0 unspecified atom stereocenters. The van der Waals surface area contributed by atoms with Crippen LogP contribution in [0.3, 0.4) is 0 Å². The molecule has 2 fully saturated rings. The van der Waals surface area contributed by atoms with Gasteiger partial charge in [-0.05, 0) is 51.4 Å². The Balaban J connectivity index is 0.000000408. The van der Waals surface area contributed by atoms with Gasteiger partial charge in [0.1, 0.15) is 7.14 Å². The van der Waals surface area contributed by atoms with Gasteiger partial charge in [0.15, 0.2) is 0 Å². The summed E-state index contributed by atoms with van der Waals surface area (Å²) in [6.45, 7) is 2.08. The predicted octanol–water partition coefficient (Wildman–Crippen LogP) is 5.58. The van der Waals surface area contributed by atoms with Crippen molar-refractivity contribution in [3.63, 3.8) is 0 Å². The molecule has 144 valence electrons. The molecule has 0 N–H and O–H groups in total. The van der Waals surface area contributed by atoms with Gasteiger partial charge in [-0.15, -0.1) is 0 Å². The normalized spacial score (nSPS) is 18.8. The minimum Gasteiger partial charge on any atom is -0.313 e. The van der Waals surface area contributed by atoms with Crippen LogP contribution in [0.25, 0.3) is 0 Å². The van der Waals surface area contributed by atoms with E-state index in [1.807, 2.05) is 99.2 Å². The first-order valence-electron chi connectivity index (χ1n) is 8.93. The van der Waals surface area contributed by atoms with E-state index in [4.69, 9.17) is 0 Å². The summed E-state index contributed by atoms with van der Waals surface area (Å²) in [6, 6.07) is 19.7. The molecule has 2 aromatic rings. The van der Waals surface area contributed by atoms with Gasteiger partial charge in [-0.1, -0.05) is 90.2 Å². The molecule has 0 spiro atoms. The molecular weight excluding hydrogens is 518 g/mol. The van der Waals surface area contributed by atoms with E-state index in [9.17, 15) is 4.57 Å². The summed E-state index contributed by atoms with van der Waals surface area (Å²) in [5, 5.41) is 1.84. The van der Waals surface area contributed by atoms with Gasteiger partial charge in [-0.3, -0.25) is 0 Å². The minimum atomic E-state index is -2.74. The van der Waals surface area contributed by atoms with Crippen LogP contribution in [0.4, 0.5) is 0 Å². The third-order valence-corrected chi connectivity index (χ3v) is 9.11. The second-order valence-electron chi connectivity index (χ2n) is 6.30. The van der Waals surface area contributed by atoms with Crippen LogP contribution in [0.2, 0.25) is 0 Å². The SMILES string of the molecule is C[C@H]([C]1[CH][CH][CH][C]1I)P(=O)(c1ccccc1)c1ccccc1.[CH]1[CH][CH][CH][CH]1.[Fe]. The summed E-state index contributed by atoms with van der Waals surface area (Å²) < 4.78 is 15.3. The number of hydrogen-bond acceptors (Lipinski definition) is 1. The first kappa shape index (κ1) is 24.2. The van der Waals surface area contributed by atoms with E-state index in [1.165, 1.54) is 3.92 Å². The average Bonchev–Trinajstić information content (AvgIpc) is 3.43. The average molecular weight is 540 g/mol. The molecule has 0 saturated heterocycles. The van der Waals surface area contributed by atoms with Crippen LogP contribution in [-0.2, 0) is 21.6 Å². The third kappa shape index (κ3) is 5.75. The van der Waals surface area contributed by atoms with E-state index in [0.717, 1.165) is 16.5 Å². The molecule has 10 radical (unpaired) electrons. The second-order valence-corrected chi connectivity index (χ2v) is 10.6. The molecule has 1 atom stereocenters. The maximum absolute atomic E-state index is 14.2. The first-order valence-corrected chi connectivity index (χ1v) is 11.8. The van der Waals surface area contributed by atoms with Crippen molar-refractivity contribution >= 4 is 40.3 Å². The van der Waals surface area contributed by atoms with Crippen molar-refractivity contribution < 1.29 is 21.6 Å². The summed E-state index contributed by atoms with van der Waals surface area (Å²) in [5.41, 5.74) is -0.0424. The van der Waals surface area contributed by atoms with Crippen molar-refractivity contribution in [1.29, 1.82) is 0 Å². The zero-order valence-electron chi connectivity index (χ0n) is 15.6. The Bertz CT molecular complexity index is 682. The summed E-state index contributed by atoms with van der Waals surface area (Å²) in [4.78, 5) is 0. The Morgan fingerprint density at radius 2 is 1.14 bits per heavy atom. The van der Waals surface area contributed by atoms with Crippen LogP contribution in [0.1, 0.15) is 6.92 Å². The predicted molar refractivity (Wildman–Crippen MR) is 124 cm³/mol. The Morgan fingerprint density at radius 1 is 0.714 bits per heavy atom. The molecule has 2 aliphatic rings. The molecule has 4 rings (SSSR count). The number of hydrogen-bond donors (Lipinski definition) is 0. The molecule has 4 heteroatoms. The number of halogens is 1. The van der Waals surface area contributed by atoms with E-state index in [0.29, 0.717) is 0 Å². The van der Waals surface area contributed by atoms with Crippen LogP contribution in [0.5, 0.6) is 0 Å². The summed E-state index contributed by atoms with van der Waals surface area (Å²) in [7, 11) is -2.74. The van der Waals surface area contributed by atoms with Gasteiger partial charge in [0.25, 0.3) is 0 Å². The quantitative estimate of drug-likeness (QED) is 0.282. The van der Waals surface area contributed by atoms with Crippen molar-refractivity contribution in [2.24, 2.45) is 0 Å². The molecule has 0 bridgehead atoms. The molecule has 0 heterocycles. The van der Waals surface area contributed by atoms with Gasteiger partial charge in [-0.2, -0.15) is 0 Å². The van der Waals surface area contributed by atoms with Crippen molar-refractivity contribution in [2.75, 3.05) is 0 Å². The first-order chi connectivity index (χ1) is 13.1. The van der Waals surface area contributed by atoms with Gasteiger partial charge in [0, 0.05) is 43.2 Å². The van der Waals surface area contributed by atoms with Crippen molar-refractivity contribution in [2.45, 2.75) is 12.6 Å². The third-order valence-electron chi connectivity index (χ3n) is 4.62. The summed E-state index contributed by atoms with van der Waals surface area (Å²) in [6.07, 6.45) is 16.2. The smallest absolute Gasteiger partial charge is 0.146 e. The zero-order chi connectivity index (χ0) is 19.1. The maximum atomic E-state index is 14.2. The van der Waals surface area contributed by atoms with Gasteiger partial charge in [0.05, 0.1) is 0 Å². The fourth-order valence-electron chi connectivity index (χ4n) is 3.16. The standard InChI is InChI=1S/C19H17IOP.C5H5.Fe/c1-15(18-13-8-14-19(18)20)22(21,16-9-4-2-5-10-16)17-11-6-3-7-12-17;1-2-4-5-3-1;/h2-15H,1H3;1-5H;/t15-;;/m1../s1.